The molecule has 0 radical (unpaired) electrons. The molecule has 31 heavy (non-hydrogen) atoms. The minimum Gasteiger partial charge on any atom is -0.491 e. The van der Waals surface area contributed by atoms with Gasteiger partial charge in [0, 0.05) is 30.5 Å². The third-order valence-electron chi connectivity index (χ3n) is 6.50. The normalized spacial score (nSPS) is 25.0. The summed E-state index contributed by atoms with van der Waals surface area (Å²) in [5.74, 6) is 1.44. The second-order valence-corrected chi connectivity index (χ2v) is 8.24. The molecule has 4 heterocycles. The molecule has 2 aromatic carbocycles. The maximum Gasteiger partial charge on any atom is 0.246 e. The molecule has 0 saturated carbocycles. The minimum atomic E-state index is -0.998. The predicted octanol–water partition coefficient (Wildman–Crippen LogP) is 1.74. The van der Waals surface area contributed by atoms with E-state index in [0.717, 1.165) is 36.3 Å². The first kappa shape index (κ1) is 18.5. The maximum atomic E-state index is 13.8. The van der Waals surface area contributed by atoms with Gasteiger partial charge in [0.15, 0.2) is 11.5 Å². The van der Waals surface area contributed by atoms with Crippen LogP contribution in [-0.4, -0.2) is 51.0 Å². The number of nitrogens with zero attached hydrogens (tertiary/aromatic N) is 1. The van der Waals surface area contributed by atoms with Crippen LogP contribution < -0.4 is 24.4 Å². The number of carbonyl (C=O) groups is 2. The Labute approximate surface area is 179 Å². The van der Waals surface area contributed by atoms with Gasteiger partial charge >= 0.3 is 0 Å². The van der Waals surface area contributed by atoms with Gasteiger partial charge in [-0.15, -0.1) is 0 Å². The number of ether oxygens (including phenoxy) is 4. The zero-order chi connectivity index (χ0) is 21.0. The first-order valence-electron chi connectivity index (χ1n) is 10.5. The maximum absolute atomic E-state index is 13.8. The second-order valence-electron chi connectivity index (χ2n) is 8.24. The third kappa shape index (κ3) is 2.71. The van der Waals surface area contributed by atoms with Gasteiger partial charge in [0.25, 0.3) is 0 Å². The van der Waals surface area contributed by atoms with E-state index < -0.39 is 5.41 Å². The van der Waals surface area contributed by atoms with Crippen LogP contribution in [0, 0.1) is 0 Å². The zero-order valence-electron chi connectivity index (χ0n) is 16.9. The lowest BCUT2D eigenvalue weighted by Gasteiger charge is -2.23. The van der Waals surface area contributed by atoms with Crippen LogP contribution >= 0.6 is 0 Å². The highest BCUT2D eigenvalue weighted by molar-refractivity contribution is 6.13. The summed E-state index contributed by atoms with van der Waals surface area (Å²) in [5, 5.41) is 2.91. The van der Waals surface area contributed by atoms with E-state index in [1.54, 1.807) is 11.0 Å². The standard InChI is InChI=1S/C23H22N2O6/c26-21(24-10-14-4-3-7-28-14)11-25-17-6-2-1-5-15(17)23(22(25)27)12-29-18-9-20-19(8-16(18)23)30-13-31-20/h1-2,5-6,8-9,14H,3-4,7,10-13H2,(H,24,26). The van der Waals surface area contributed by atoms with E-state index in [-0.39, 0.29) is 37.9 Å². The van der Waals surface area contributed by atoms with Crippen LogP contribution in [0.15, 0.2) is 36.4 Å². The van der Waals surface area contributed by atoms with Gasteiger partial charge in [0.05, 0.1) is 6.10 Å². The lowest BCUT2D eigenvalue weighted by Crippen LogP contribution is -2.47. The largest absolute Gasteiger partial charge is 0.491 e. The molecule has 2 unspecified atom stereocenters. The number of hydrogen-bond acceptors (Lipinski definition) is 6. The van der Waals surface area contributed by atoms with Crippen molar-refractivity contribution in [2.75, 3.05) is 38.0 Å². The van der Waals surface area contributed by atoms with Gasteiger partial charge in [-0.2, -0.15) is 0 Å². The summed E-state index contributed by atoms with van der Waals surface area (Å²) in [6.07, 6.45) is 2.01. The molecule has 2 amide bonds. The Kier molecular flexibility index (Phi) is 4.11. The fourth-order valence-corrected chi connectivity index (χ4v) is 4.95. The van der Waals surface area contributed by atoms with Crippen molar-refractivity contribution in [3.05, 3.63) is 47.5 Å². The molecule has 1 fully saturated rings. The molecule has 0 aliphatic carbocycles. The van der Waals surface area contributed by atoms with Gasteiger partial charge in [-0.3, -0.25) is 9.59 Å². The fourth-order valence-electron chi connectivity index (χ4n) is 4.95. The highest BCUT2D eigenvalue weighted by Gasteiger charge is 2.57. The molecule has 0 bridgehead atoms. The van der Waals surface area contributed by atoms with Crippen molar-refractivity contribution in [3.8, 4) is 17.2 Å². The lowest BCUT2D eigenvalue weighted by molar-refractivity contribution is -0.125. The van der Waals surface area contributed by atoms with Crippen molar-refractivity contribution in [1.82, 2.24) is 5.32 Å². The molecule has 1 spiro atoms. The second kappa shape index (κ2) is 6.88. The van der Waals surface area contributed by atoms with Crippen molar-refractivity contribution in [2.45, 2.75) is 24.4 Å². The summed E-state index contributed by atoms with van der Waals surface area (Å²) in [6.45, 7) is 1.47. The van der Waals surface area contributed by atoms with Crippen LogP contribution in [0.4, 0.5) is 5.69 Å². The number of hydrogen-bond donors (Lipinski definition) is 1. The number of rotatable bonds is 4. The molecule has 4 aliphatic heterocycles. The van der Waals surface area contributed by atoms with E-state index >= 15 is 0 Å². The van der Waals surface area contributed by atoms with Crippen molar-refractivity contribution in [1.29, 1.82) is 0 Å². The van der Waals surface area contributed by atoms with Crippen LogP contribution in [-0.2, 0) is 19.7 Å². The molecule has 4 aliphatic rings. The molecule has 8 heteroatoms. The average Bonchev–Trinajstić information content (AvgIpc) is 3.56. The highest BCUT2D eigenvalue weighted by Crippen LogP contribution is 2.54. The topological polar surface area (TPSA) is 86.3 Å². The number of amides is 2. The average molecular weight is 422 g/mol. The first-order valence-corrected chi connectivity index (χ1v) is 10.5. The molecule has 1 N–H and O–H groups in total. The molecule has 6 rings (SSSR count). The van der Waals surface area contributed by atoms with Crippen molar-refractivity contribution in [2.24, 2.45) is 0 Å². The van der Waals surface area contributed by atoms with E-state index in [2.05, 4.69) is 5.32 Å². The van der Waals surface area contributed by atoms with Crippen molar-refractivity contribution < 1.29 is 28.5 Å². The van der Waals surface area contributed by atoms with Crippen LogP contribution in [0.25, 0.3) is 0 Å². The number of carbonyl (C=O) groups excluding carboxylic acids is 2. The van der Waals surface area contributed by atoms with Crippen LogP contribution in [0.2, 0.25) is 0 Å². The van der Waals surface area contributed by atoms with Crippen LogP contribution in [0.3, 0.4) is 0 Å². The summed E-state index contributed by atoms with van der Waals surface area (Å²) >= 11 is 0. The van der Waals surface area contributed by atoms with Gasteiger partial charge in [-0.05, 0) is 30.5 Å². The SMILES string of the molecule is O=C(CN1C(=O)C2(COc3cc4c(cc32)OCO4)c2ccccc21)NCC1CCCO1. The number of fused-ring (bicyclic) bond motifs is 5. The van der Waals surface area contributed by atoms with Gasteiger partial charge in [0.1, 0.15) is 24.3 Å². The van der Waals surface area contributed by atoms with E-state index in [1.165, 1.54) is 0 Å². The molecular weight excluding hydrogens is 400 g/mol. The Morgan fingerprint density at radius 3 is 2.77 bits per heavy atom. The van der Waals surface area contributed by atoms with Gasteiger partial charge < -0.3 is 29.2 Å². The van der Waals surface area contributed by atoms with Crippen molar-refractivity contribution >= 4 is 17.5 Å². The molecule has 160 valence electrons. The Hall–Kier alpha value is -3.26. The lowest BCUT2D eigenvalue weighted by atomic mass is 9.77. The Balaban J connectivity index is 1.32. The van der Waals surface area contributed by atoms with Gasteiger partial charge in [-0.25, -0.2) is 0 Å². The number of para-hydroxylation sites is 1. The zero-order valence-corrected chi connectivity index (χ0v) is 16.9. The first-order chi connectivity index (χ1) is 15.2. The van der Waals surface area contributed by atoms with E-state index in [1.807, 2.05) is 30.3 Å². The molecule has 1 saturated heterocycles. The third-order valence-corrected chi connectivity index (χ3v) is 6.50. The number of anilines is 1. The summed E-state index contributed by atoms with van der Waals surface area (Å²) < 4.78 is 22.5. The van der Waals surface area contributed by atoms with E-state index in [0.29, 0.717) is 23.8 Å². The van der Waals surface area contributed by atoms with Crippen LogP contribution in [0.5, 0.6) is 17.2 Å². The predicted molar refractivity (Wildman–Crippen MR) is 110 cm³/mol. The highest BCUT2D eigenvalue weighted by atomic mass is 16.7. The quantitative estimate of drug-likeness (QED) is 0.808. The molecule has 2 atom stereocenters. The van der Waals surface area contributed by atoms with Gasteiger partial charge in [0.2, 0.25) is 18.6 Å². The van der Waals surface area contributed by atoms with E-state index in [9.17, 15) is 9.59 Å². The number of benzene rings is 2. The molecular formula is C23H22N2O6. The molecule has 8 nitrogen and oxygen atoms in total. The van der Waals surface area contributed by atoms with Crippen molar-refractivity contribution in [3.63, 3.8) is 0 Å². The van der Waals surface area contributed by atoms with Gasteiger partial charge in [-0.1, -0.05) is 18.2 Å². The molecule has 0 aromatic heterocycles. The summed E-state index contributed by atoms with van der Waals surface area (Å²) in [6, 6.07) is 11.2. The summed E-state index contributed by atoms with van der Waals surface area (Å²) in [4.78, 5) is 28.1. The summed E-state index contributed by atoms with van der Waals surface area (Å²) in [5.41, 5.74) is 1.32. The fraction of sp³-hybridized carbons (Fsp3) is 0.391. The van der Waals surface area contributed by atoms with E-state index in [4.69, 9.17) is 18.9 Å². The smallest absolute Gasteiger partial charge is 0.246 e. The number of nitrogens with one attached hydrogen (secondary N) is 1. The van der Waals surface area contributed by atoms with Crippen LogP contribution in [0.1, 0.15) is 24.0 Å². The molecule has 2 aromatic rings. The minimum absolute atomic E-state index is 0.0514. The Bertz CT molecular complexity index is 1080. The Morgan fingerprint density at radius 2 is 1.94 bits per heavy atom. The monoisotopic (exact) mass is 422 g/mol. The Morgan fingerprint density at radius 1 is 1.10 bits per heavy atom. The summed E-state index contributed by atoms with van der Waals surface area (Å²) in [7, 11) is 0.